The molecule has 0 saturated carbocycles. The summed E-state index contributed by atoms with van der Waals surface area (Å²) in [5.74, 6) is -0.340. The van der Waals surface area contributed by atoms with Crippen molar-refractivity contribution >= 4 is 11.8 Å². The zero-order chi connectivity index (χ0) is 32.8. The number of nitrogens with one attached hydrogen (secondary N) is 2. The van der Waals surface area contributed by atoms with Gasteiger partial charge in [0.1, 0.15) is 6.10 Å². The molecular weight excluding hydrogens is 673 g/mol. The van der Waals surface area contributed by atoms with Gasteiger partial charge in [-0.1, -0.05) is 130 Å². The molecule has 0 heterocycles. The predicted octanol–water partition coefficient (Wildman–Crippen LogP) is 7.09. The summed E-state index contributed by atoms with van der Waals surface area (Å²) in [4.78, 5) is 28.1. The molecule has 2 N–H and O–H groups in total. The molecule has 4 aromatic rings. The largest absolute Gasteiger partial charge is 3.00 e. The average molecular weight is 719 g/mol. The van der Waals surface area contributed by atoms with Gasteiger partial charge >= 0.3 is 32.7 Å². The van der Waals surface area contributed by atoms with Crippen LogP contribution in [0, 0.1) is 24.2 Å². The van der Waals surface area contributed by atoms with Gasteiger partial charge in [0.2, 0.25) is 11.8 Å². The van der Waals surface area contributed by atoms with Crippen LogP contribution in [0.25, 0.3) is 0 Å². The molecule has 244 valence electrons. The van der Waals surface area contributed by atoms with Crippen molar-refractivity contribution in [1.29, 1.82) is 0 Å². The first-order valence-corrected chi connectivity index (χ1v) is 16.8. The molecule has 0 saturated heterocycles. The first-order valence-electron chi connectivity index (χ1n) is 16.8. The molecular formula is C41H45N2O4Y+2. The Morgan fingerprint density at radius 1 is 0.667 bits per heavy atom. The van der Waals surface area contributed by atoms with E-state index in [1.165, 1.54) is 11.1 Å². The first kappa shape index (κ1) is 36.1. The zero-order valence-electron chi connectivity index (χ0n) is 28.0. The summed E-state index contributed by atoms with van der Waals surface area (Å²) in [5.41, 5.74) is 6.77. The Bertz CT molecular complexity index is 1650. The van der Waals surface area contributed by atoms with Crippen molar-refractivity contribution in [3.05, 3.63) is 149 Å². The van der Waals surface area contributed by atoms with Gasteiger partial charge in [0, 0.05) is 6.10 Å². The van der Waals surface area contributed by atoms with Crippen LogP contribution in [0.5, 0.6) is 0 Å². The van der Waals surface area contributed by atoms with Gasteiger partial charge in [-0.3, -0.25) is 16.0 Å². The van der Waals surface area contributed by atoms with E-state index in [1.807, 2.05) is 98.3 Å². The standard InChI is InChI=1S/C41H45N2O4.Y/c1-27-22-32-18-10-12-20-34(32)37(27)42-40(44)36(46-25-30-14-6-4-7-15-30)24-29(3)39(47-26-31-16-8-5-9-17-31)41(45)43-38-28(2)23-33-19-11-13-21-35(33)38;/h4-21,24,27-29,36-39H,22-23,25-26H2,1-3H3,(H,42,44)(H,43,45);/q-1;+3. The Kier molecular flexibility index (Phi) is 12.8. The number of fused-ring (bicyclic) bond motifs is 2. The maximum atomic E-state index is 14.1. The minimum Gasteiger partial charge on any atom is -0.396 e. The summed E-state index contributed by atoms with van der Waals surface area (Å²) in [6.07, 6.45) is 1.93. The molecule has 2 aliphatic carbocycles. The Morgan fingerprint density at radius 2 is 1.10 bits per heavy atom. The van der Waals surface area contributed by atoms with Crippen LogP contribution >= 0.6 is 0 Å². The maximum Gasteiger partial charge on any atom is 3.00 e. The van der Waals surface area contributed by atoms with Crippen molar-refractivity contribution in [2.75, 3.05) is 0 Å². The molecule has 6 nitrogen and oxygen atoms in total. The molecule has 2 amide bonds. The van der Waals surface area contributed by atoms with Crippen molar-refractivity contribution in [3.8, 4) is 0 Å². The molecule has 7 atom stereocenters. The van der Waals surface area contributed by atoms with E-state index in [1.54, 1.807) is 0 Å². The number of carbonyl (C=O) groups is 2. The van der Waals surface area contributed by atoms with E-state index in [0.29, 0.717) is 0 Å². The van der Waals surface area contributed by atoms with Gasteiger partial charge in [-0.15, -0.1) is 5.92 Å². The van der Waals surface area contributed by atoms with Crippen LogP contribution in [0.4, 0.5) is 0 Å². The van der Waals surface area contributed by atoms with Crippen LogP contribution in [0.3, 0.4) is 0 Å². The summed E-state index contributed by atoms with van der Waals surface area (Å²) in [6.45, 7) is 6.79. The van der Waals surface area contributed by atoms with E-state index in [9.17, 15) is 9.59 Å². The van der Waals surface area contributed by atoms with Crippen LogP contribution in [0.2, 0.25) is 0 Å². The Labute approximate surface area is 310 Å². The van der Waals surface area contributed by atoms with E-state index < -0.39 is 18.1 Å². The van der Waals surface area contributed by atoms with Crippen molar-refractivity contribution < 1.29 is 51.8 Å². The number of rotatable bonds is 13. The maximum absolute atomic E-state index is 14.1. The summed E-state index contributed by atoms with van der Waals surface area (Å²) in [6, 6.07) is 36.0. The van der Waals surface area contributed by atoms with Crippen molar-refractivity contribution in [1.82, 2.24) is 10.6 Å². The molecule has 7 heteroatoms. The summed E-state index contributed by atoms with van der Waals surface area (Å²) < 4.78 is 12.7. The Morgan fingerprint density at radius 3 is 1.62 bits per heavy atom. The van der Waals surface area contributed by atoms with Crippen LogP contribution in [0.15, 0.2) is 109 Å². The summed E-state index contributed by atoms with van der Waals surface area (Å²) >= 11 is 0. The van der Waals surface area contributed by atoms with Gasteiger partial charge in [0.15, 0.2) is 0 Å². The predicted molar refractivity (Wildman–Crippen MR) is 184 cm³/mol. The zero-order valence-corrected chi connectivity index (χ0v) is 30.9. The minimum atomic E-state index is -0.896. The fourth-order valence-corrected chi connectivity index (χ4v) is 7.08. The number of hydrogen-bond donors (Lipinski definition) is 2. The Hall–Kier alpha value is -3.16. The van der Waals surface area contributed by atoms with Gasteiger partial charge in [-0.25, -0.2) is 0 Å². The molecule has 0 aromatic heterocycles. The SMILES string of the molecule is CC([CH-]C(OCc1ccccc1)C(=O)NC1c2ccccc2CC1C)C(OCc1ccccc1)C(=O)NC1c2ccccc2CC1C.[Y+3]. The van der Waals surface area contributed by atoms with Crippen LogP contribution in [-0.4, -0.2) is 24.0 Å². The van der Waals surface area contributed by atoms with E-state index in [-0.39, 0.29) is 81.7 Å². The van der Waals surface area contributed by atoms with E-state index in [4.69, 9.17) is 9.47 Å². The number of ether oxygens (including phenoxy) is 2. The quantitative estimate of drug-likeness (QED) is 0.145. The number of amides is 2. The smallest absolute Gasteiger partial charge is 0.396 e. The summed E-state index contributed by atoms with van der Waals surface area (Å²) in [5, 5.41) is 6.60. The third-order valence-corrected chi connectivity index (χ3v) is 9.62. The van der Waals surface area contributed by atoms with Crippen LogP contribution in [0.1, 0.15) is 66.2 Å². The number of benzene rings is 4. The molecule has 0 radical (unpaired) electrons. The normalized spacial score (nSPS) is 21.2. The second-order valence-corrected chi connectivity index (χ2v) is 13.2. The topological polar surface area (TPSA) is 76.7 Å². The van der Waals surface area contributed by atoms with Crippen LogP contribution in [-0.2, 0) is 77.8 Å². The summed E-state index contributed by atoms with van der Waals surface area (Å²) in [7, 11) is 0. The molecule has 48 heavy (non-hydrogen) atoms. The third-order valence-electron chi connectivity index (χ3n) is 9.62. The second kappa shape index (κ2) is 17.0. The van der Waals surface area contributed by atoms with E-state index in [0.717, 1.165) is 35.1 Å². The number of carbonyl (C=O) groups excluding carboxylic acids is 2. The molecule has 2 aliphatic rings. The first-order chi connectivity index (χ1) is 22.9. The molecule has 7 unspecified atom stereocenters. The van der Waals surface area contributed by atoms with Gasteiger partial charge in [0.25, 0.3) is 0 Å². The number of hydrogen-bond acceptors (Lipinski definition) is 4. The molecule has 4 aromatic carbocycles. The fraction of sp³-hybridized carbons (Fsp3) is 0.341. The van der Waals surface area contributed by atoms with Gasteiger partial charge in [-0.05, 0) is 58.1 Å². The van der Waals surface area contributed by atoms with Gasteiger partial charge in [-0.2, -0.15) is 0 Å². The van der Waals surface area contributed by atoms with E-state index in [2.05, 4.69) is 48.7 Å². The van der Waals surface area contributed by atoms with Gasteiger partial charge in [0.05, 0.1) is 25.3 Å². The van der Waals surface area contributed by atoms with Gasteiger partial charge < -0.3 is 20.1 Å². The molecule has 0 aliphatic heterocycles. The third kappa shape index (κ3) is 8.70. The molecule has 0 bridgehead atoms. The second-order valence-electron chi connectivity index (χ2n) is 13.2. The molecule has 0 spiro atoms. The molecule has 0 fully saturated rings. The monoisotopic (exact) mass is 718 g/mol. The minimum absolute atomic E-state index is 0. The van der Waals surface area contributed by atoms with E-state index >= 15 is 0 Å². The average Bonchev–Trinajstić information content (AvgIpc) is 3.58. The van der Waals surface area contributed by atoms with Crippen LogP contribution < -0.4 is 10.6 Å². The molecule has 6 rings (SSSR count). The van der Waals surface area contributed by atoms with Crippen molar-refractivity contribution in [2.24, 2.45) is 17.8 Å². The Balaban J connectivity index is 0.00000451. The van der Waals surface area contributed by atoms with Crippen molar-refractivity contribution in [3.63, 3.8) is 0 Å². The fourth-order valence-electron chi connectivity index (χ4n) is 7.08. The van der Waals surface area contributed by atoms with Crippen molar-refractivity contribution in [2.45, 2.75) is 71.1 Å².